The molecule has 0 aromatic rings. The smallest absolute Gasteiger partial charge is 0.315 e. The third-order valence-electron chi connectivity index (χ3n) is 5.94. The molecule has 5 heteroatoms. The van der Waals surface area contributed by atoms with Crippen LogP contribution in [0.1, 0.15) is 91.4 Å². The number of carboxylic acid groups (broad SMARTS) is 2. The van der Waals surface area contributed by atoms with Gasteiger partial charge in [-0.15, -0.1) is 0 Å². The zero-order valence-electron chi connectivity index (χ0n) is 17.9. The predicted octanol–water partition coefficient (Wildman–Crippen LogP) is 3.60. The SMILES string of the molecule is CCCCCCCCCCCCC(C(=O)[O-])(C(C)(C)C(=O)O)[N+](C)(C)C. The quantitative estimate of drug-likeness (QED) is 0.352. The Hall–Kier alpha value is -1.10. The standard InChI is InChI=1S/C21H41NO4/c1-7-8-9-10-11-12-13-14-15-16-17-21(19(25)26,22(4,5)6)20(2,3)18(23)24/h7-17H2,1-6H3,(H-,23,24,25,26). The number of carboxylic acids is 2. The molecule has 5 nitrogen and oxygen atoms in total. The van der Waals surface area contributed by atoms with Crippen LogP contribution in [0.15, 0.2) is 0 Å². The molecule has 0 fully saturated rings. The second-order valence-corrected chi connectivity index (χ2v) is 9.02. The Morgan fingerprint density at radius 3 is 1.54 bits per heavy atom. The van der Waals surface area contributed by atoms with Crippen molar-refractivity contribution in [3.8, 4) is 0 Å². The summed E-state index contributed by atoms with van der Waals surface area (Å²) in [5.41, 5.74) is -2.87. The highest BCUT2D eigenvalue weighted by atomic mass is 16.4. The predicted molar refractivity (Wildman–Crippen MR) is 104 cm³/mol. The van der Waals surface area contributed by atoms with Crippen molar-refractivity contribution < 1.29 is 24.3 Å². The molecular weight excluding hydrogens is 330 g/mol. The van der Waals surface area contributed by atoms with Gasteiger partial charge in [0.2, 0.25) is 0 Å². The van der Waals surface area contributed by atoms with Gasteiger partial charge in [0.05, 0.1) is 21.1 Å². The van der Waals surface area contributed by atoms with Gasteiger partial charge in [0.1, 0.15) is 11.4 Å². The average Bonchev–Trinajstić information content (AvgIpc) is 2.50. The number of rotatable bonds is 15. The molecule has 1 N–H and O–H groups in total. The van der Waals surface area contributed by atoms with E-state index in [0.29, 0.717) is 12.8 Å². The number of hydrogen-bond acceptors (Lipinski definition) is 3. The number of hydrogen-bond donors (Lipinski definition) is 1. The summed E-state index contributed by atoms with van der Waals surface area (Å²) >= 11 is 0. The summed E-state index contributed by atoms with van der Waals surface area (Å²) in [6.45, 7) is 5.23. The van der Waals surface area contributed by atoms with Gasteiger partial charge in [0.15, 0.2) is 5.54 Å². The summed E-state index contributed by atoms with van der Waals surface area (Å²) in [7, 11) is 5.24. The molecule has 0 spiro atoms. The van der Waals surface area contributed by atoms with Crippen molar-refractivity contribution in [3.05, 3.63) is 0 Å². The molecule has 0 rings (SSSR count). The molecule has 1 unspecified atom stereocenters. The average molecular weight is 372 g/mol. The van der Waals surface area contributed by atoms with E-state index < -0.39 is 22.9 Å². The Bertz CT molecular complexity index is 440. The first-order valence-electron chi connectivity index (χ1n) is 10.2. The fraction of sp³-hybridized carbons (Fsp3) is 0.905. The lowest BCUT2D eigenvalue weighted by Crippen LogP contribution is -2.74. The molecule has 0 aromatic carbocycles. The lowest BCUT2D eigenvalue weighted by atomic mass is 9.67. The Morgan fingerprint density at radius 2 is 1.23 bits per heavy atom. The number of carbonyl (C=O) groups is 2. The van der Waals surface area contributed by atoms with E-state index >= 15 is 0 Å². The van der Waals surface area contributed by atoms with Crippen LogP contribution in [0.4, 0.5) is 0 Å². The Balaban J connectivity index is 4.66. The zero-order chi connectivity index (χ0) is 20.4. The highest BCUT2D eigenvalue weighted by Crippen LogP contribution is 2.42. The van der Waals surface area contributed by atoms with Gasteiger partial charge >= 0.3 is 5.97 Å². The zero-order valence-corrected chi connectivity index (χ0v) is 17.9. The van der Waals surface area contributed by atoms with Gasteiger partial charge in [-0.25, -0.2) is 0 Å². The molecule has 0 bridgehead atoms. The number of quaternary nitrogens is 1. The van der Waals surface area contributed by atoms with Crippen LogP contribution in [-0.2, 0) is 9.59 Å². The normalized spacial score (nSPS) is 14.8. The van der Waals surface area contributed by atoms with Gasteiger partial charge in [0.25, 0.3) is 0 Å². The molecule has 0 aliphatic carbocycles. The monoisotopic (exact) mass is 371 g/mol. The molecule has 0 aromatic heterocycles. The van der Waals surface area contributed by atoms with E-state index in [-0.39, 0.29) is 4.48 Å². The van der Waals surface area contributed by atoms with Crippen LogP contribution in [0.25, 0.3) is 0 Å². The molecule has 154 valence electrons. The maximum Gasteiger partial charge on any atom is 0.315 e. The van der Waals surface area contributed by atoms with E-state index in [4.69, 9.17) is 0 Å². The maximum atomic E-state index is 12.1. The van der Waals surface area contributed by atoms with E-state index in [1.165, 1.54) is 52.4 Å². The lowest BCUT2D eigenvalue weighted by Gasteiger charge is -2.53. The van der Waals surface area contributed by atoms with E-state index in [9.17, 15) is 19.8 Å². The van der Waals surface area contributed by atoms with Crippen molar-refractivity contribution in [2.75, 3.05) is 21.1 Å². The first kappa shape index (κ1) is 24.9. The van der Waals surface area contributed by atoms with Gasteiger partial charge in [-0.2, -0.15) is 0 Å². The number of carbonyl (C=O) groups excluding carboxylic acids is 1. The van der Waals surface area contributed by atoms with Gasteiger partial charge < -0.3 is 19.5 Å². The van der Waals surface area contributed by atoms with Crippen molar-refractivity contribution in [1.29, 1.82) is 0 Å². The van der Waals surface area contributed by atoms with E-state index in [1.807, 2.05) is 0 Å². The minimum absolute atomic E-state index is 0.0338. The first-order chi connectivity index (χ1) is 11.9. The van der Waals surface area contributed by atoms with Gasteiger partial charge in [-0.05, 0) is 20.3 Å². The minimum Gasteiger partial charge on any atom is -0.544 e. The van der Waals surface area contributed by atoms with Crippen molar-refractivity contribution in [3.63, 3.8) is 0 Å². The second-order valence-electron chi connectivity index (χ2n) is 9.02. The molecule has 1 atom stereocenters. The third kappa shape index (κ3) is 6.26. The molecule has 0 saturated heterocycles. The third-order valence-corrected chi connectivity index (χ3v) is 5.94. The lowest BCUT2D eigenvalue weighted by molar-refractivity contribution is -0.923. The molecule has 0 saturated carbocycles. The molecule has 0 aliphatic heterocycles. The largest absolute Gasteiger partial charge is 0.544 e. The minimum atomic E-state index is -1.46. The van der Waals surface area contributed by atoms with Crippen molar-refractivity contribution >= 4 is 11.9 Å². The van der Waals surface area contributed by atoms with Crippen LogP contribution in [0.5, 0.6) is 0 Å². The van der Waals surface area contributed by atoms with E-state index in [2.05, 4.69) is 6.92 Å². The molecular formula is C21H41NO4. The Labute approximate surface area is 160 Å². The van der Waals surface area contributed by atoms with Crippen LogP contribution in [0.3, 0.4) is 0 Å². The van der Waals surface area contributed by atoms with Gasteiger partial charge in [0, 0.05) is 6.42 Å². The van der Waals surface area contributed by atoms with Crippen LogP contribution < -0.4 is 5.11 Å². The van der Waals surface area contributed by atoms with Crippen LogP contribution in [-0.4, -0.2) is 48.2 Å². The summed E-state index contributed by atoms with van der Waals surface area (Å²) < 4.78 is 0.0338. The van der Waals surface area contributed by atoms with Crippen molar-refractivity contribution in [1.82, 2.24) is 0 Å². The second kappa shape index (κ2) is 10.9. The number of unbranched alkanes of at least 4 members (excludes halogenated alkanes) is 9. The molecule has 0 heterocycles. The summed E-state index contributed by atoms with van der Waals surface area (Å²) in [6.07, 6.45) is 11.9. The van der Waals surface area contributed by atoms with Crippen LogP contribution >= 0.6 is 0 Å². The van der Waals surface area contributed by atoms with Crippen molar-refractivity contribution in [2.24, 2.45) is 5.41 Å². The van der Waals surface area contributed by atoms with Crippen LogP contribution in [0, 0.1) is 5.41 Å². The maximum absolute atomic E-state index is 12.1. The number of nitrogens with zero attached hydrogens (tertiary/aromatic N) is 1. The van der Waals surface area contributed by atoms with E-state index in [1.54, 1.807) is 21.1 Å². The van der Waals surface area contributed by atoms with Gasteiger partial charge in [-0.1, -0.05) is 64.7 Å². The fourth-order valence-corrected chi connectivity index (χ4v) is 4.16. The number of likely N-dealkylation sites (N-methyl/N-ethyl adjacent to an activating group) is 1. The highest BCUT2D eigenvalue weighted by molar-refractivity contribution is 5.87. The Morgan fingerprint density at radius 1 is 0.846 bits per heavy atom. The van der Waals surface area contributed by atoms with E-state index in [0.717, 1.165) is 19.3 Å². The fourth-order valence-electron chi connectivity index (χ4n) is 4.16. The van der Waals surface area contributed by atoms with Crippen LogP contribution in [0.2, 0.25) is 0 Å². The topological polar surface area (TPSA) is 77.4 Å². The first-order valence-corrected chi connectivity index (χ1v) is 10.2. The molecule has 0 aliphatic rings. The molecule has 0 radical (unpaired) electrons. The summed E-state index contributed by atoms with van der Waals surface area (Å²) in [5, 5.41) is 21.8. The Kier molecular flexibility index (Phi) is 10.4. The molecule has 0 amide bonds. The van der Waals surface area contributed by atoms with Gasteiger partial charge in [-0.3, -0.25) is 4.79 Å². The van der Waals surface area contributed by atoms with Crippen molar-refractivity contribution in [2.45, 2.75) is 96.9 Å². The number of aliphatic carboxylic acids is 2. The summed E-state index contributed by atoms with van der Waals surface area (Å²) in [6, 6.07) is 0. The molecule has 26 heavy (non-hydrogen) atoms. The highest BCUT2D eigenvalue weighted by Gasteiger charge is 2.59. The summed E-state index contributed by atoms with van der Waals surface area (Å²) in [4.78, 5) is 23.9. The summed E-state index contributed by atoms with van der Waals surface area (Å²) in [5.74, 6) is -2.37.